The van der Waals surface area contributed by atoms with Crippen LogP contribution in [0.15, 0.2) is 70.1 Å². The van der Waals surface area contributed by atoms with E-state index >= 15 is 0 Å². The molecular weight excluding hydrogens is 516 g/mol. The number of methoxy groups -OCH3 is 3. The fraction of sp³-hybridized carbons (Fsp3) is 0.222. The van der Waals surface area contributed by atoms with Gasteiger partial charge in [-0.15, -0.1) is 0 Å². The number of halogens is 1. The van der Waals surface area contributed by atoms with Gasteiger partial charge in [0.25, 0.3) is 5.56 Å². The second-order valence-corrected chi connectivity index (χ2v) is 9.42. The van der Waals surface area contributed by atoms with Crippen LogP contribution < -0.4 is 29.1 Å². The highest BCUT2D eigenvalue weighted by molar-refractivity contribution is 7.07. The number of carbonyl (C=O) groups is 1. The Labute approximate surface area is 222 Å². The molecule has 2 aromatic carbocycles. The molecule has 1 atom stereocenters. The minimum absolute atomic E-state index is 0.0362. The number of hydrogen-bond donors (Lipinski definition) is 0. The summed E-state index contributed by atoms with van der Waals surface area (Å²) in [5.74, 6) is 0.802. The zero-order chi connectivity index (χ0) is 26.7. The lowest BCUT2D eigenvalue weighted by atomic mass is 9.96. The largest absolute Gasteiger partial charge is 0.493 e. The summed E-state index contributed by atoms with van der Waals surface area (Å²) in [4.78, 5) is 31.9. The van der Waals surface area contributed by atoms with Crippen molar-refractivity contribution in [2.75, 3.05) is 27.9 Å². The number of ether oxygens (including phenoxy) is 4. The summed E-state index contributed by atoms with van der Waals surface area (Å²) in [6.45, 7) is 5.36. The molecule has 2 heterocycles. The van der Waals surface area contributed by atoms with Crippen molar-refractivity contribution in [2.45, 2.75) is 13.0 Å². The molecular formula is C27H25ClN2O6S. The monoisotopic (exact) mass is 540 g/mol. The highest BCUT2D eigenvalue weighted by atomic mass is 35.5. The maximum atomic E-state index is 13.8. The Morgan fingerprint density at radius 2 is 1.78 bits per heavy atom. The number of aromatic nitrogens is 1. The molecule has 0 spiro atoms. The van der Waals surface area contributed by atoms with E-state index in [-0.39, 0.29) is 17.7 Å². The van der Waals surface area contributed by atoms with E-state index < -0.39 is 12.0 Å². The molecule has 8 nitrogen and oxygen atoms in total. The number of carbonyl (C=O) groups excluding carboxylic acids is 1. The molecule has 192 valence electrons. The van der Waals surface area contributed by atoms with Crippen molar-refractivity contribution in [3.63, 3.8) is 0 Å². The number of nitrogens with zero attached hydrogens (tertiary/aromatic N) is 2. The number of esters is 1. The van der Waals surface area contributed by atoms with E-state index in [1.807, 2.05) is 0 Å². The van der Waals surface area contributed by atoms with Crippen LogP contribution in [0.4, 0.5) is 0 Å². The summed E-state index contributed by atoms with van der Waals surface area (Å²) >= 11 is 7.33. The van der Waals surface area contributed by atoms with Gasteiger partial charge in [0, 0.05) is 5.02 Å². The Kier molecular flexibility index (Phi) is 7.85. The van der Waals surface area contributed by atoms with E-state index in [4.69, 9.17) is 30.5 Å². The molecule has 3 aromatic rings. The molecule has 37 heavy (non-hydrogen) atoms. The third-order valence-electron chi connectivity index (χ3n) is 5.74. The molecule has 10 heteroatoms. The number of rotatable bonds is 8. The van der Waals surface area contributed by atoms with Crippen LogP contribution in [0.25, 0.3) is 6.08 Å². The van der Waals surface area contributed by atoms with Gasteiger partial charge in [0.1, 0.15) is 6.61 Å². The van der Waals surface area contributed by atoms with Crippen LogP contribution in [-0.2, 0) is 9.53 Å². The minimum Gasteiger partial charge on any atom is -0.493 e. The van der Waals surface area contributed by atoms with E-state index in [0.29, 0.717) is 48.4 Å². The molecule has 0 saturated heterocycles. The first-order valence-electron chi connectivity index (χ1n) is 11.2. The van der Waals surface area contributed by atoms with Crippen molar-refractivity contribution in [3.05, 3.63) is 96.2 Å². The maximum absolute atomic E-state index is 13.8. The van der Waals surface area contributed by atoms with Crippen LogP contribution in [-0.4, -0.2) is 38.5 Å². The zero-order valence-corrected chi connectivity index (χ0v) is 22.3. The summed E-state index contributed by atoms with van der Waals surface area (Å²) in [5, 5.41) is 0.537. The first-order chi connectivity index (χ1) is 17.8. The summed E-state index contributed by atoms with van der Waals surface area (Å²) < 4.78 is 23.5. The van der Waals surface area contributed by atoms with Gasteiger partial charge in [-0.05, 0) is 48.4 Å². The Balaban J connectivity index is 1.93. The predicted octanol–water partition coefficient (Wildman–Crippen LogP) is 3.64. The average Bonchev–Trinajstić information content (AvgIpc) is 3.20. The quantitative estimate of drug-likeness (QED) is 0.320. The van der Waals surface area contributed by atoms with Crippen molar-refractivity contribution in [2.24, 2.45) is 4.99 Å². The summed E-state index contributed by atoms with van der Waals surface area (Å²) in [6, 6.07) is 9.74. The van der Waals surface area contributed by atoms with Crippen LogP contribution in [0.5, 0.6) is 17.2 Å². The normalized spacial score (nSPS) is 15.1. The van der Waals surface area contributed by atoms with Gasteiger partial charge in [0.05, 0.1) is 43.2 Å². The molecule has 0 radical (unpaired) electrons. The third kappa shape index (κ3) is 5.05. The number of benzene rings is 2. The number of allylic oxidation sites excluding steroid dienone is 1. The highest BCUT2D eigenvalue weighted by Gasteiger charge is 2.33. The minimum atomic E-state index is -0.743. The Hall–Kier alpha value is -3.82. The Morgan fingerprint density at radius 3 is 2.35 bits per heavy atom. The van der Waals surface area contributed by atoms with Gasteiger partial charge in [-0.25, -0.2) is 9.79 Å². The van der Waals surface area contributed by atoms with Crippen LogP contribution in [0.2, 0.25) is 5.02 Å². The summed E-state index contributed by atoms with van der Waals surface area (Å²) in [6.07, 6.45) is 3.21. The molecule has 4 rings (SSSR count). The van der Waals surface area contributed by atoms with E-state index in [1.54, 1.807) is 49.4 Å². The lowest BCUT2D eigenvalue weighted by Crippen LogP contribution is -2.39. The highest BCUT2D eigenvalue weighted by Crippen LogP contribution is 2.38. The van der Waals surface area contributed by atoms with Crippen LogP contribution in [0.1, 0.15) is 24.1 Å². The van der Waals surface area contributed by atoms with Gasteiger partial charge in [-0.2, -0.15) is 0 Å². The van der Waals surface area contributed by atoms with Crippen LogP contribution in [0, 0.1) is 0 Å². The van der Waals surface area contributed by atoms with Crippen molar-refractivity contribution < 1.29 is 23.7 Å². The van der Waals surface area contributed by atoms with Crippen LogP contribution >= 0.6 is 22.9 Å². The molecule has 0 aliphatic carbocycles. The second kappa shape index (κ2) is 11.1. The topological polar surface area (TPSA) is 88.4 Å². The van der Waals surface area contributed by atoms with Crippen molar-refractivity contribution in [1.82, 2.24) is 4.57 Å². The SMILES string of the molecule is C=CCOC(=O)C1=C(C)N=c2sc(=Cc3cc(OC)c(OC)c(OC)c3)c(=O)n2C1c1ccc(Cl)cc1. The number of thiazole rings is 1. The molecule has 1 unspecified atom stereocenters. The molecule has 0 fully saturated rings. The number of hydrogen-bond acceptors (Lipinski definition) is 8. The van der Waals surface area contributed by atoms with Gasteiger partial charge in [0.15, 0.2) is 16.3 Å². The lowest BCUT2D eigenvalue weighted by molar-refractivity contribution is -0.138. The van der Waals surface area contributed by atoms with Gasteiger partial charge in [-0.1, -0.05) is 47.7 Å². The predicted molar refractivity (Wildman–Crippen MR) is 142 cm³/mol. The summed E-state index contributed by atoms with van der Waals surface area (Å²) in [7, 11) is 4.57. The molecule has 0 amide bonds. The van der Waals surface area contributed by atoms with E-state index in [9.17, 15) is 9.59 Å². The fourth-order valence-corrected chi connectivity index (χ4v) is 5.26. The molecule has 0 bridgehead atoms. The Bertz CT molecular complexity index is 1540. The van der Waals surface area contributed by atoms with Crippen LogP contribution in [0.3, 0.4) is 0 Å². The Morgan fingerprint density at radius 1 is 1.14 bits per heavy atom. The van der Waals surface area contributed by atoms with Gasteiger partial charge in [0.2, 0.25) is 5.75 Å². The van der Waals surface area contributed by atoms with Gasteiger partial charge in [-0.3, -0.25) is 9.36 Å². The molecule has 0 N–H and O–H groups in total. The zero-order valence-electron chi connectivity index (χ0n) is 20.7. The second-order valence-electron chi connectivity index (χ2n) is 7.98. The van der Waals surface area contributed by atoms with Gasteiger partial charge >= 0.3 is 5.97 Å². The number of fused-ring (bicyclic) bond motifs is 1. The van der Waals surface area contributed by atoms with E-state index in [1.165, 1.54) is 43.3 Å². The van der Waals surface area contributed by atoms with Crippen molar-refractivity contribution in [3.8, 4) is 17.2 Å². The first-order valence-corrected chi connectivity index (χ1v) is 12.4. The lowest BCUT2D eigenvalue weighted by Gasteiger charge is -2.24. The molecule has 1 aliphatic heterocycles. The third-order valence-corrected chi connectivity index (χ3v) is 6.98. The van der Waals surface area contributed by atoms with E-state index in [0.717, 1.165) is 0 Å². The van der Waals surface area contributed by atoms with Gasteiger partial charge < -0.3 is 18.9 Å². The molecule has 1 aromatic heterocycles. The standard InChI is InChI=1S/C27H25ClN2O6S/c1-6-11-36-26(32)22-15(2)29-27-30(23(22)17-7-9-18(28)10-8-17)25(31)21(37-27)14-16-12-19(33-3)24(35-5)20(13-16)34-4/h6-10,12-14,23H,1,11H2,2-5H3. The molecule has 1 aliphatic rings. The summed E-state index contributed by atoms with van der Waals surface area (Å²) in [5.41, 5.74) is 1.80. The van der Waals surface area contributed by atoms with Crippen molar-refractivity contribution in [1.29, 1.82) is 0 Å². The fourth-order valence-electron chi connectivity index (χ4n) is 4.09. The average molecular weight is 541 g/mol. The van der Waals surface area contributed by atoms with Crippen molar-refractivity contribution >= 4 is 35.0 Å². The molecule has 0 saturated carbocycles. The van der Waals surface area contributed by atoms with E-state index in [2.05, 4.69) is 11.6 Å². The first kappa shape index (κ1) is 26.2. The maximum Gasteiger partial charge on any atom is 0.338 e. The smallest absolute Gasteiger partial charge is 0.338 e.